The van der Waals surface area contributed by atoms with Crippen molar-refractivity contribution in [3.05, 3.63) is 48.6 Å². The zero-order chi connectivity index (χ0) is 49.6. The first-order valence-corrected chi connectivity index (χ1v) is 26.9. The molecule has 68 heavy (non-hydrogen) atoms. The number of carbonyl (C=O) groups is 1. The summed E-state index contributed by atoms with van der Waals surface area (Å²) in [7, 11) is 0. The van der Waals surface area contributed by atoms with E-state index in [9.17, 15) is 45.6 Å². The van der Waals surface area contributed by atoms with Gasteiger partial charge in [0.05, 0.1) is 32.0 Å². The molecule has 2 heterocycles. The van der Waals surface area contributed by atoms with Crippen molar-refractivity contribution in [1.29, 1.82) is 0 Å². The van der Waals surface area contributed by atoms with Crippen molar-refractivity contribution in [1.82, 2.24) is 5.32 Å². The summed E-state index contributed by atoms with van der Waals surface area (Å²) in [4.78, 5) is 13.2. The molecule has 0 aromatic heterocycles. The van der Waals surface area contributed by atoms with Gasteiger partial charge >= 0.3 is 0 Å². The molecule has 12 unspecified atom stereocenters. The lowest BCUT2D eigenvalue weighted by Crippen LogP contribution is -2.65. The summed E-state index contributed by atoms with van der Waals surface area (Å²) in [6.07, 6.45) is 31.4. The van der Waals surface area contributed by atoms with Gasteiger partial charge in [0.15, 0.2) is 12.6 Å². The van der Waals surface area contributed by atoms with Gasteiger partial charge in [0.1, 0.15) is 48.8 Å². The van der Waals surface area contributed by atoms with E-state index < -0.39 is 86.8 Å². The Bertz CT molecular complexity index is 1330. The molecule has 14 heteroatoms. The molecule has 0 aliphatic carbocycles. The highest BCUT2D eigenvalue weighted by Gasteiger charge is 2.51. The Balaban J connectivity index is 1.83. The average Bonchev–Trinajstić information content (AvgIpc) is 3.34. The molecule has 2 saturated heterocycles. The minimum absolute atomic E-state index is 0.254. The summed E-state index contributed by atoms with van der Waals surface area (Å²) >= 11 is 0. The number of carbonyl (C=O) groups excluding carboxylic acids is 1. The Kier molecular flexibility index (Phi) is 37.0. The monoisotopic (exact) mass is 968 g/mol. The first-order chi connectivity index (χ1) is 33.1. The van der Waals surface area contributed by atoms with Crippen LogP contribution in [0.4, 0.5) is 0 Å². The summed E-state index contributed by atoms with van der Waals surface area (Å²) in [5.74, 6) is -0.254. The van der Waals surface area contributed by atoms with Crippen LogP contribution in [0.25, 0.3) is 0 Å². The maximum Gasteiger partial charge on any atom is 0.220 e. The number of nitrogens with one attached hydrogen (secondary N) is 1. The number of hydrogen-bond donors (Lipinski definition) is 9. The van der Waals surface area contributed by atoms with Crippen molar-refractivity contribution in [2.75, 3.05) is 19.8 Å². The van der Waals surface area contributed by atoms with Gasteiger partial charge in [-0.2, -0.15) is 0 Å². The van der Waals surface area contributed by atoms with Crippen molar-refractivity contribution in [2.45, 2.75) is 267 Å². The van der Waals surface area contributed by atoms with E-state index in [4.69, 9.17) is 18.9 Å². The zero-order valence-corrected chi connectivity index (χ0v) is 42.1. The quantitative estimate of drug-likeness (QED) is 0.0212. The highest BCUT2D eigenvalue weighted by Crippen LogP contribution is 2.30. The molecule has 0 aromatic carbocycles. The van der Waals surface area contributed by atoms with Gasteiger partial charge in [0.2, 0.25) is 5.91 Å². The molecule has 1 amide bonds. The van der Waals surface area contributed by atoms with E-state index in [0.29, 0.717) is 6.42 Å². The lowest BCUT2D eigenvalue weighted by molar-refractivity contribution is -0.359. The topological polar surface area (TPSA) is 228 Å². The Morgan fingerprint density at radius 2 is 0.971 bits per heavy atom. The summed E-state index contributed by atoms with van der Waals surface area (Å²) < 4.78 is 22.7. The number of ether oxygens (including phenoxy) is 4. The molecule has 9 N–H and O–H groups in total. The van der Waals surface area contributed by atoms with Crippen LogP contribution in [0.1, 0.15) is 194 Å². The predicted octanol–water partition coefficient (Wildman–Crippen LogP) is 7.66. The smallest absolute Gasteiger partial charge is 0.220 e. The van der Waals surface area contributed by atoms with Crippen LogP contribution in [0.15, 0.2) is 48.6 Å². The summed E-state index contributed by atoms with van der Waals surface area (Å²) in [5.41, 5.74) is 0. The second kappa shape index (κ2) is 40.5. The van der Waals surface area contributed by atoms with Gasteiger partial charge in [-0.25, -0.2) is 0 Å². The fourth-order valence-electron chi connectivity index (χ4n) is 8.59. The van der Waals surface area contributed by atoms with Gasteiger partial charge in [-0.15, -0.1) is 0 Å². The van der Waals surface area contributed by atoms with E-state index in [1.807, 2.05) is 6.08 Å². The van der Waals surface area contributed by atoms with Crippen molar-refractivity contribution < 1.29 is 64.6 Å². The van der Waals surface area contributed by atoms with Crippen LogP contribution in [0.3, 0.4) is 0 Å². The number of aliphatic hydroxyl groups excluding tert-OH is 8. The Hall–Kier alpha value is -2.05. The van der Waals surface area contributed by atoms with Crippen LogP contribution < -0.4 is 5.32 Å². The molecule has 2 rings (SSSR count). The van der Waals surface area contributed by atoms with Crippen LogP contribution in [0, 0.1) is 0 Å². The molecule has 2 aliphatic heterocycles. The maximum atomic E-state index is 13.2. The number of allylic oxidation sites excluding steroid dienone is 7. The normalized spacial score (nSPS) is 26.7. The fourth-order valence-corrected chi connectivity index (χ4v) is 8.59. The lowest BCUT2D eigenvalue weighted by atomic mass is 9.97. The van der Waals surface area contributed by atoms with Gasteiger partial charge in [-0.05, 0) is 57.8 Å². The zero-order valence-electron chi connectivity index (χ0n) is 42.1. The molecular formula is C54H97NO13. The molecule has 12 atom stereocenters. The molecular weight excluding hydrogens is 871 g/mol. The standard InChI is InChI=1S/C54H97NO13/c1-3-5-7-9-11-13-15-17-19-20-21-22-24-26-28-30-32-34-36-38-46(59)55-42(43(58)37-35-33-31-29-27-25-23-18-16-14-12-10-8-6-4-2)41-65-53-51(64)49(62)52(45(40-57)67-53)68-54-50(63)48(61)47(60)44(39-56)66-54/h11,13,17,19,21-22,35,37,42-45,47-54,56-58,60-64H,3-10,12,14-16,18,20,23-34,36,38-41H2,1-2H3,(H,55,59)/b13-11-,19-17-,22-21-,37-35+. The molecule has 0 bridgehead atoms. The van der Waals surface area contributed by atoms with Crippen molar-refractivity contribution in [3.63, 3.8) is 0 Å². The van der Waals surface area contributed by atoms with Crippen molar-refractivity contribution in [2.24, 2.45) is 0 Å². The van der Waals surface area contributed by atoms with Gasteiger partial charge < -0.3 is 65.1 Å². The molecule has 14 nitrogen and oxygen atoms in total. The van der Waals surface area contributed by atoms with Gasteiger partial charge in [0, 0.05) is 6.42 Å². The number of rotatable bonds is 41. The second-order valence-electron chi connectivity index (χ2n) is 19.0. The highest BCUT2D eigenvalue weighted by atomic mass is 16.7. The second-order valence-corrected chi connectivity index (χ2v) is 19.0. The molecule has 396 valence electrons. The molecule has 0 saturated carbocycles. The highest BCUT2D eigenvalue weighted by molar-refractivity contribution is 5.76. The summed E-state index contributed by atoms with van der Waals surface area (Å²) in [5, 5.41) is 86.8. The number of aliphatic hydroxyl groups is 8. The van der Waals surface area contributed by atoms with Gasteiger partial charge in [-0.3, -0.25) is 4.79 Å². The van der Waals surface area contributed by atoms with Crippen LogP contribution in [-0.4, -0.2) is 140 Å². The van der Waals surface area contributed by atoms with E-state index >= 15 is 0 Å². The van der Waals surface area contributed by atoms with E-state index in [1.54, 1.807) is 6.08 Å². The first-order valence-electron chi connectivity index (χ1n) is 26.9. The summed E-state index contributed by atoms with van der Waals surface area (Å²) in [6.45, 7) is 2.74. The number of unbranched alkanes of at least 4 members (excludes halogenated alkanes) is 22. The van der Waals surface area contributed by atoms with Crippen LogP contribution in [0.5, 0.6) is 0 Å². The lowest BCUT2D eigenvalue weighted by Gasteiger charge is -2.46. The largest absolute Gasteiger partial charge is 0.394 e. The number of amides is 1. The molecule has 0 radical (unpaired) electrons. The van der Waals surface area contributed by atoms with E-state index in [0.717, 1.165) is 70.6 Å². The van der Waals surface area contributed by atoms with E-state index in [1.165, 1.54) is 96.3 Å². The van der Waals surface area contributed by atoms with E-state index in [-0.39, 0.29) is 18.9 Å². The molecule has 2 fully saturated rings. The third kappa shape index (κ3) is 27.0. The third-order valence-corrected chi connectivity index (χ3v) is 13.0. The van der Waals surface area contributed by atoms with Gasteiger partial charge in [-0.1, -0.05) is 178 Å². The minimum Gasteiger partial charge on any atom is -0.394 e. The van der Waals surface area contributed by atoms with Crippen molar-refractivity contribution >= 4 is 5.91 Å². The minimum atomic E-state index is -1.79. The Morgan fingerprint density at radius 1 is 0.529 bits per heavy atom. The van der Waals surface area contributed by atoms with Gasteiger partial charge in [0.25, 0.3) is 0 Å². The predicted molar refractivity (Wildman–Crippen MR) is 267 cm³/mol. The SMILES string of the molecule is CCCCC/C=C\C/C=C\C/C=C\CCCCCCCCC(=O)NC(COC1OC(CO)C(OC2OC(CO)C(O)C(O)C2O)C(O)C1O)C(O)/C=C/CCCCCCCCCCCCCCC. The average molecular weight is 968 g/mol. The molecule has 0 aromatic rings. The third-order valence-electron chi connectivity index (χ3n) is 13.0. The Labute approximate surface area is 410 Å². The van der Waals surface area contributed by atoms with E-state index in [2.05, 4.69) is 55.6 Å². The first kappa shape index (κ1) is 62.1. The van der Waals surface area contributed by atoms with Crippen LogP contribution >= 0.6 is 0 Å². The molecule has 0 spiro atoms. The Morgan fingerprint density at radius 3 is 1.51 bits per heavy atom. The summed E-state index contributed by atoms with van der Waals surface area (Å²) in [6, 6.07) is -0.922. The fraction of sp³-hybridized carbons (Fsp3) is 0.833. The number of hydrogen-bond acceptors (Lipinski definition) is 13. The van der Waals surface area contributed by atoms with Crippen LogP contribution in [0.2, 0.25) is 0 Å². The maximum absolute atomic E-state index is 13.2. The van der Waals surface area contributed by atoms with Crippen molar-refractivity contribution in [3.8, 4) is 0 Å². The molecule has 2 aliphatic rings. The van der Waals surface area contributed by atoms with Crippen LogP contribution in [-0.2, 0) is 23.7 Å².